The average molecular weight is 535 g/mol. The van der Waals surface area contributed by atoms with E-state index in [-0.39, 0.29) is 29.9 Å². The van der Waals surface area contributed by atoms with Gasteiger partial charge >= 0.3 is 0 Å². The second kappa shape index (κ2) is 12.7. The standard InChI is InChI=1S/C24H33N5O.HI/c1-25-24(27-17-19-9-11-21(12-10-19)23(30)28(2)3)26-14-6-15-29-16-13-20-7-4-5-8-22(20)18-29;/h4-5,7-12H,6,13-18H2,1-3H3,(H2,25,26,27);1H. The van der Waals surface area contributed by atoms with Crippen LogP contribution in [0.15, 0.2) is 53.5 Å². The number of nitrogens with one attached hydrogen (secondary N) is 2. The summed E-state index contributed by atoms with van der Waals surface area (Å²) in [5.74, 6) is 0.816. The van der Waals surface area contributed by atoms with Gasteiger partial charge in [0, 0.05) is 59.4 Å². The van der Waals surface area contributed by atoms with Gasteiger partial charge in [0.15, 0.2) is 5.96 Å². The summed E-state index contributed by atoms with van der Waals surface area (Å²) < 4.78 is 0. The number of carbonyl (C=O) groups is 1. The summed E-state index contributed by atoms with van der Waals surface area (Å²) in [6.07, 6.45) is 2.22. The van der Waals surface area contributed by atoms with E-state index in [0.29, 0.717) is 12.1 Å². The molecule has 0 atom stereocenters. The number of hydrogen-bond donors (Lipinski definition) is 2. The van der Waals surface area contributed by atoms with Gasteiger partial charge in [-0.25, -0.2) is 0 Å². The van der Waals surface area contributed by atoms with E-state index in [1.807, 2.05) is 24.3 Å². The predicted molar refractivity (Wildman–Crippen MR) is 138 cm³/mol. The molecule has 0 bridgehead atoms. The van der Waals surface area contributed by atoms with E-state index in [1.54, 1.807) is 26.0 Å². The predicted octanol–water partition coefficient (Wildman–Crippen LogP) is 3.12. The Bertz CT molecular complexity index is 867. The van der Waals surface area contributed by atoms with Gasteiger partial charge in [0.05, 0.1) is 0 Å². The molecule has 0 radical (unpaired) electrons. The van der Waals surface area contributed by atoms with Gasteiger partial charge in [-0.3, -0.25) is 14.7 Å². The molecule has 1 heterocycles. The normalized spacial score (nSPS) is 13.7. The Morgan fingerprint density at radius 2 is 1.77 bits per heavy atom. The van der Waals surface area contributed by atoms with Crippen molar-refractivity contribution in [1.29, 1.82) is 0 Å². The zero-order valence-corrected chi connectivity index (χ0v) is 21.1. The van der Waals surface area contributed by atoms with Crippen LogP contribution in [0.4, 0.5) is 0 Å². The summed E-state index contributed by atoms with van der Waals surface area (Å²) >= 11 is 0. The molecular weight excluding hydrogens is 501 g/mol. The number of hydrogen-bond acceptors (Lipinski definition) is 3. The van der Waals surface area contributed by atoms with Gasteiger partial charge in [0.1, 0.15) is 0 Å². The molecule has 2 N–H and O–H groups in total. The second-order valence-electron chi connectivity index (χ2n) is 7.90. The maximum atomic E-state index is 12.0. The van der Waals surface area contributed by atoms with E-state index in [9.17, 15) is 4.79 Å². The Labute approximate surface area is 203 Å². The van der Waals surface area contributed by atoms with Crippen molar-refractivity contribution >= 4 is 35.8 Å². The summed E-state index contributed by atoms with van der Waals surface area (Å²) in [5.41, 5.74) is 4.77. The fraction of sp³-hybridized carbons (Fsp3) is 0.417. The molecular formula is C24H34IN5O. The number of amides is 1. The van der Waals surface area contributed by atoms with Gasteiger partial charge in [-0.05, 0) is 41.7 Å². The zero-order chi connectivity index (χ0) is 21.3. The van der Waals surface area contributed by atoms with E-state index in [1.165, 1.54) is 11.1 Å². The lowest BCUT2D eigenvalue weighted by atomic mass is 10.00. The lowest BCUT2D eigenvalue weighted by Gasteiger charge is -2.28. The van der Waals surface area contributed by atoms with E-state index >= 15 is 0 Å². The summed E-state index contributed by atoms with van der Waals surface area (Å²) in [5, 5.41) is 6.73. The van der Waals surface area contributed by atoms with Crippen molar-refractivity contribution in [2.45, 2.75) is 25.9 Å². The molecule has 31 heavy (non-hydrogen) atoms. The first-order valence-corrected chi connectivity index (χ1v) is 10.6. The number of halogens is 1. The summed E-state index contributed by atoms with van der Waals surface area (Å²) in [6.45, 7) is 4.82. The van der Waals surface area contributed by atoms with Crippen LogP contribution in [0.5, 0.6) is 0 Å². The first kappa shape index (κ1) is 25.1. The van der Waals surface area contributed by atoms with Crippen molar-refractivity contribution < 1.29 is 4.79 Å². The molecule has 1 aliphatic heterocycles. The molecule has 0 fully saturated rings. The van der Waals surface area contributed by atoms with E-state index < -0.39 is 0 Å². The topological polar surface area (TPSA) is 60.0 Å². The lowest BCUT2D eigenvalue weighted by Crippen LogP contribution is -2.39. The third-order valence-electron chi connectivity index (χ3n) is 5.44. The van der Waals surface area contributed by atoms with Crippen LogP contribution in [-0.4, -0.2) is 62.4 Å². The maximum Gasteiger partial charge on any atom is 0.253 e. The minimum absolute atomic E-state index is 0. The number of carbonyl (C=O) groups excluding carboxylic acids is 1. The molecule has 6 nitrogen and oxygen atoms in total. The highest BCUT2D eigenvalue weighted by atomic mass is 127. The SMILES string of the molecule is CN=C(NCCCN1CCc2ccccc2C1)NCc1ccc(C(=O)N(C)C)cc1.I. The molecule has 0 aliphatic carbocycles. The quantitative estimate of drug-likeness (QED) is 0.248. The van der Waals surface area contributed by atoms with Crippen molar-refractivity contribution in [3.05, 3.63) is 70.8 Å². The monoisotopic (exact) mass is 535 g/mol. The van der Waals surface area contributed by atoms with Gasteiger partial charge in [0.2, 0.25) is 0 Å². The molecule has 0 spiro atoms. The van der Waals surface area contributed by atoms with E-state index in [0.717, 1.165) is 50.5 Å². The largest absolute Gasteiger partial charge is 0.356 e. The highest BCUT2D eigenvalue weighted by Crippen LogP contribution is 2.18. The number of nitrogens with zero attached hydrogens (tertiary/aromatic N) is 3. The molecule has 2 aromatic rings. The molecule has 0 saturated heterocycles. The zero-order valence-electron chi connectivity index (χ0n) is 18.7. The third kappa shape index (κ3) is 7.50. The first-order valence-electron chi connectivity index (χ1n) is 10.6. The molecule has 1 aliphatic rings. The molecule has 3 rings (SSSR count). The Kier molecular flexibility index (Phi) is 10.3. The van der Waals surface area contributed by atoms with Crippen molar-refractivity contribution in [1.82, 2.24) is 20.4 Å². The van der Waals surface area contributed by atoms with E-state index in [2.05, 4.69) is 44.8 Å². The summed E-state index contributed by atoms with van der Waals surface area (Å²) in [7, 11) is 5.31. The fourth-order valence-corrected chi connectivity index (χ4v) is 3.68. The van der Waals surface area contributed by atoms with Crippen molar-refractivity contribution in [3.8, 4) is 0 Å². The highest BCUT2D eigenvalue weighted by molar-refractivity contribution is 14.0. The highest BCUT2D eigenvalue weighted by Gasteiger charge is 2.14. The van der Waals surface area contributed by atoms with Crippen molar-refractivity contribution in [2.75, 3.05) is 40.8 Å². The summed E-state index contributed by atoms with van der Waals surface area (Å²) in [4.78, 5) is 20.4. The Hall–Kier alpha value is -2.13. The molecule has 0 aromatic heterocycles. The second-order valence-corrected chi connectivity index (χ2v) is 7.90. The van der Waals surface area contributed by atoms with Crippen LogP contribution >= 0.6 is 24.0 Å². The van der Waals surface area contributed by atoms with Crippen molar-refractivity contribution in [2.24, 2.45) is 4.99 Å². The number of fused-ring (bicyclic) bond motifs is 1. The van der Waals surface area contributed by atoms with Crippen molar-refractivity contribution in [3.63, 3.8) is 0 Å². The Morgan fingerprint density at radius 1 is 1.06 bits per heavy atom. The van der Waals surface area contributed by atoms with Crippen LogP contribution in [-0.2, 0) is 19.5 Å². The molecule has 1 amide bonds. The maximum absolute atomic E-state index is 12.0. The minimum Gasteiger partial charge on any atom is -0.356 e. The van der Waals surface area contributed by atoms with Crippen LogP contribution in [0, 0.1) is 0 Å². The third-order valence-corrected chi connectivity index (χ3v) is 5.44. The van der Waals surface area contributed by atoms with Crippen LogP contribution in [0.1, 0.15) is 33.5 Å². The van der Waals surface area contributed by atoms with Crippen LogP contribution < -0.4 is 10.6 Å². The summed E-state index contributed by atoms with van der Waals surface area (Å²) in [6, 6.07) is 16.4. The van der Waals surface area contributed by atoms with Gasteiger partial charge in [-0.15, -0.1) is 24.0 Å². The van der Waals surface area contributed by atoms with Gasteiger partial charge < -0.3 is 15.5 Å². The van der Waals surface area contributed by atoms with Crippen LogP contribution in [0.3, 0.4) is 0 Å². The molecule has 0 saturated carbocycles. The average Bonchev–Trinajstić information content (AvgIpc) is 2.78. The molecule has 7 heteroatoms. The first-order chi connectivity index (χ1) is 14.6. The number of rotatable bonds is 7. The smallest absolute Gasteiger partial charge is 0.253 e. The Morgan fingerprint density at radius 3 is 2.45 bits per heavy atom. The molecule has 168 valence electrons. The number of benzene rings is 2. The van der Waals surface area contributed by atoms with Crippen LogP contribution in [0.2, 0.25) is 0 Å². The van der Waals surface area contributed by atoms with Gasteiger partial charge in [-0.1, -0.05) is 36.4 Å². The van der Waals surface area contributed by atoms with E-state index in [4.69, 9.17) is 0 Å². The molecule has 2 aromatic carbocycles. The fourth-order valence-electron chi connectivity index (χ4n) is 3.68. The number of guanidine groups is 1. The number of aliphatic imine (C=N–C) groups is 1. The van der Waals surface area contributed by atoms with Crippen LogP contribution in [0.25, 0.3) is 0 Å². The minimum atomic E-state index is 0. The lowest BCUT2D eigenvalue weighted by molar-refractivity contribution is 0.0827. The Balaban J connectivity index is 0.00000341. The van der Waals surface area contributed by atoms with Gasteiger partial charge in [0.25, 0.3) is 5.91 Å². The van der Waals surface area contributed by atoms with Gasteiger partial charge in [-0.2, -0.15) is 0 Å². The molecule has 0 unspecified atom stereocenters.